The van der Waals surface area contributed by atoms with Crippen molar-refractivity contribution < 1.29 is 0 Å². The Morgan fingerprint density at radius 2 is 2.26 bits per heavy atom. The molecule has 2 unspecified atom stereocenters. The first kappa shape index (κ1) is 14.3. The molecule has 1 aliphatic carbocycles. The van der Waals surface area contributed by atoms with Crippen molar-refractivity contribution in [3.63, 3.8) is 0 Å². The van der Waals surface area contributed by atoms with Crippen LogP contribution < -0.4 is 5.32 Å². The maximum absolute atomic E-state index is 4.15. The Kier molecular flexibility index (Phi) is 4.40. The van der Waals surface area contributed by atoms with Crippen LogP contribution in [0.15, 0.2) is 12.3 Å². The molecule has 1 aromatic heterocycles. The summed E-state index contributed by atoms with van der Waals surface area (Å²) < 4.78 is 0. The minimum atomic E-state index is 0.253. The summed E-state index contributed by atoms with van der Waals surface area (Å²) in [5, 5.41) is 11.6. The fourth-order valence-electron chi connectivity index (χ4n) is 3.16. The van der Waals surface area contributed by atoms with Gasteiger partial charge in [0.05, 0.1) is 6.20 Å². The topological polar surface area (TPSA) is 41.1 Å². The van der Waals surface area contributed by atoms with Gasteiger partial charge in [-0.2, -0.15) is 5.10 Å². The molecule has 1 heterocycles. The van der Waals surface area contributed by atoms with Gasteiger partial charge in [0.1, 0.15) is 5.82 Å². The van der Waals surface area contributed by atoms with Crippen LogP contribution in [0.3, 0.4) is 0 Å². The summed E-state index contributed by atoms with van der Waals surface area (Å²) >= 11 is 0. The van der Waals surface area contributed by atoms with Crippen molar-refractivity contribution in [2.45, 2.75) is 45.1 Å². The maximum Gasteiger partial charge on any atom is 0.148 e. The zero-order chi connectivity index (χ0) is 13.9. The first-order valence-corrected chi connectivity index (χ1v) is 7.22. The van der Waals surface area contributed by atoms with Crippen LogP contribution in [0, 0.1) is 12.8 Å². The van der Waals surface area contributed by atoms with E-state index in [0.29, 0.717) is 0 Å². The highest BCUT2D eigenvalue weighted by atomic mass is 15.2. The second kappa shape index (κ2) is 5.87. The maximum atomic E-state index is 4.15. The van der Waals surface area contributed by atoms with Crippen LogP contribution in [0.2, 0.25) is 0 Å². The second-order valence-electron chi connectivity index (χ2n) is 6.29. The molecule has 0 aromatic carbocycles. The Labute approximate surface area is 116 Å². The van der Waals surface area contributed by atoms with E-state index in [1.165, 1.54) is 25.7 Å². The first-order chi connectivity index (χ1) is 9.02. The van der Waals surface area contributed by atoms with E-state index in [4.69, 9.17) is 0 Å². The number of aryl methyl sites for hydroxylation is 1. The fourth-order valence-corrected chi connectivity index (χ4v) is 3.16. The highest BCUT2D eigenvalue weighted by molar-refractivity contribution is 5.35. The Hall–Kier alpha value is -1.16. The van der Waals surface area contributed by atoms with E-state index in [0.717, 1.165) is 23.8 Å². The molecule has 0 radical (unpaired) electrons. The number of nitrogens with zero attached hydrogens (tertiary/aromatic N) is 3. The zero-order valence-corrected chi connectivity index (χ0v) is 12.6. The zero-order valence-electron chi connectivity index (χ0n) is 12.6. The molecule has 4 nitrogen and oxygen atoms in total. The van der Waals surface area contributed by atoms with Crippen molar-refractivity contribution in [2.24, 2.45) is 5.92 Å². The van der Waals surface area contributed by atoms with Crippen molar-refractivity contribution in [3.8, 4) is 0 Å². The van der Waals surface area contributed by atoms with Crippen LogP contribution in [0.1, 0.15) is 38.2 Å². The molecule has 1 aromatic rings. The third kappa shape index (κ3) is 3.44. The molecule has 0 bridgehead atoms. The number of rotatable bonds is 4. The van der Waals surface area contributed by atoms with E-state index in [9.17, 15) is 0 Å². The van der Waals surface area contributed by atoms with Gasteiger partial charge in [-0.1, -0.05) is 19.8 Å². The second-order valence-corrected chi connectivity index (χ2v) is 6.29. The van der Waals surface area contributed by atoms with Gasteiger partial charge in [-0.25, -0.2) is 0 Å². The fraction of sp³-hybridized carbons (Fsp3) is 0.733. The number of aromatic nitrogens is 2. The van der Waals surface area contributed by atoms with Gasteiger partial charge in [-0.3, -0.25) is 0 Å². The summed E-state index contributed by atoms with van der Waals surface area (Å²) in [4.78, 5) is 2.39. The van der Waals surface area contributed by atoms with Crippen molar-refractivity contribution in [3.05, 3.63) is 17.8 Å². The quantitative estimate of drug-likeness (QED) is 0.906. The third-order valence-electron chi connectivity index (χ3n) is 4.41. The van der Waals surface area contributed by atoms with Crippen LogP contribution in [-0.2, 0) is 0 Å². The van der Waals surface area contributed by atoms with Gasteiger partial charge in [0.2, 0.25) is 0 Å². The van der Waals surface area contributed by atoms with Crippen LogP contribution in [-0.4, -0.2) is 41.3 Å². The Balaban J connectivity index is 2.05. The summed E-state index contributed by atoms with van der Waals surface area (Å²) in [7, 11) is 4.39. The molecule has 1 fully saturated rings. The lowest BCUT2D eigenvalue weighted by atomic mass is 9.75. The minimum Gasteiger partial charge on any atom is -0.367 e. The lowest BCUT2D eigenvalue weighted by Crippen LogP contribution is -2.52. The van der Waals surface area contributed by atoms with E-state index in [1.54, 1.807) is 6.20 Å². The van der Waals surface area contributed by atoms with E-state index in [2.05, 4.69) is 47.5 Å². The molecular formula is C15H26N4. The Morgan fingerprint density at radius 1 is 1.47 bits per heavy atom. The van der Waals surface area contributed by atoms with Gasteiger partial charge >= 0.3 is 0 Å². The summed E-state index contributed by atoms with van der Waals surface area (Å²) in [5.74, 6) is 1.70. The Morgan fingerprint density at radius 3 is 2.89 bits per heavy atom. The highest BCUT2D eigenvalue weighted by Gasteiger charge is 2.36. The van der Waals surface area contributed by atoms with E-state index >= 15 is 0 Å². The summed E-state index contributed by atoms with van der Waals surface area (Å²) in [6.07, 6.45) is 6.98. The average molecular weight is 262 g/mol. The Bertz CT molecular complexity index is 418. The number of likely N-dealkylation sites (N-methyl/N-ethyl adjacent to an activating group) is 1. The molecule has 0 aliphatic heterocycles. The number of hydrogen-bond donors (Lipinski definition) is 1. The number of nitrogens with one attached hydrogen (secondary N) is 1. The highest BCUT2D eigenvalue weighted by Crippen LogP contribution is 2.35. The molecule has 0 saturated heterocycles. The van der Waals surface area contributed by atoms with Crippen molar-refractivity contribution in [1.82, 2.24) is 15.1 Å². The van der Waals surface area contributed by atoms with Gasteiger partial charge < -0.3 is 10.2 Å². The SMILES string of the molecule is Cc1cnnc(NCC2(N(C)C)CCCC(C)C2)c1. The first-order valence-electron chi connectivity index (χ1n) is 7.22. The average Bonchev–Trinajstić information content (AvgIpc) is 2.36. The minimum absolute atomic E-state index is 0.253. The van der Waals surface area contributed by atoms with Crippen LogP contribution in [0.5, 0.6) is 0 Å². The van der Waals surface area contributed by atoms with Gasteiger partial charge in [0, 0.05) is 12.1 Å². The van der Waals surface area contributed by atoms with Gasteiger partial charge in [0.25, 0.3) is 0 Å². The normalized spacial score (nSPS) is 27.5. The standard InChI is InChI=1S/C15H26N4/c1-12-6-5-7-15(9-12,19(3)4)11-16-14-8-13(2)10-17-18-14/h8,10,12H,5-7,9,11H2,1-4H3,(H,16,18). The molecule has 0 spiro atoms. The van der Waals surface area contributed by atoms with E-state index in [-0.39, 0.29) is 5.54 Å². The molecular weight excluding hydrogens is 236 g/mol. The van der Waals surface area contributed by atoms with E-state index < -0.39 is 0 Å². The molecule has 106 valence electrons. The van der Waals surface area contributed by atoms with Gasteiger partial charge in [-0.05, 0) is 51.4 Å². The molecule has 1 aliphatic rings. The van der Waals surface area contributed by atoms with Crippen LogP contribution in [0.25, 0.3) is 0 Å². The van der Waals surface area contributed by atoms with Crippen molar-refractivity contribution >= 4 is 5.82 Å². The lowest BCUT2D eigenvalue weighted by molar-refractivity contribution is 0.0881. The number of hydrogen-bond acceptors (Lipinski definition) is 4. The molecule has 1 N–H and O–H groups in total. The molecule has 2 rings (SSSR count). The smallest absolute Gasteiger partial charge is 0.148 e. The molecule has 0 amide bonds. The van der Waals surface area contributed by atoms with Crippen molar-refractivity contribution in [1.29, 1.82) is 0 Å². The molecule has 1 saturated carbocycles. The van der Waals surface area contributed by atoms with E-state index in [1.807, 2.05) is 6.92 Å². The predicted octanol–water partition coefficient (Wildman–Crippen LogP) is 2.71. The summed E-state index contributed by atoms with van der Waals surface area (Å²) in [5.41, 5.74) is 1.40. The third-order valence-corrected chi connectivity index (χ3v) is 4.41. The molecule has 2 atom stereocenters. The molecule has 4 heteroatoms. The molecule has 19 heavy (non-hydrogen) atoms. The van der Waals surface area contributed by atoms with Crippen LogP contribution >= 0.6 is 0 Å². The largest absolute Gasteiger partial charge is 0.367 e. The summed E-state index contributed by atoms with van der Waals surface area (Å²) in [6, 6.07) is 2.06. The summed E-state index contributed by atoms with van der Waals surface area (Å²) in [6.45, 7) is 5.36. The number of anilines is 1. The van der Waals surface area contributed by atoms with Crippen molar-refractivity contribution in [2.75, 3.05) is 26.0 Å². The van der Waals surface area contributed by atoms with Gasteiger partial charge in [0.15, 0.2) is 0 Å². The predicted molar refractivity (Wildman–Crippen MR) is 79.3 cm³/mol. The lowest BCUT2D eigenvalue weighted by Gasteiger charge is -2.45. The van der Waals surface area contributed by atoms with Gasteiger partial charge in [-0.15, -0.1) is 5.10 Å². The van der Waals surface area contributed by atoms with Crippen LogP contribution in [0.4, 0.5) is 5.82 Å². The monoisotopic (exact) mass is 262 g/mol.